The number of nitrogens with zero attached hydrogens (tertiary/aromatic N) is 1. The van der Waals surface area contributed by atoms with Crippen LogP contribution >= 0.6 is 11.6 Å². The molecule has 4 heteroatoms. The monoisotopic (exact) mass is 210 g/mol. The SMILES string of the molecule is Cc1ccc(NC(=O)N2CC2)cc1Cl. The zero-order valence-corrected chi connectivity index (χ0v) is 8.64. The topological polar surface area (TPSA) is 32.1 Å². The second kappa shape index (κ2) is 3.50. The molecule has 0 spiro atoms. The van der Waals surface area contributed by atoms with E-state index >= 15 is 0 Å². The van der Waals surface area contributed by atoms with Crippen molar-refractivity contribution in [3.05, 3.63) is 28.8 Å². The van der Waals surface area contributed by atoms with E-state index in [-0.39, 0.29) is 6.03 Å². The number of hydrogen-bond acceptors (Lipinski definition) is 1. The molecule has 0 bridgehead atoms. The maximum atomic E-state index is 11.3. The standard InChI is InChI=1S/C10H11ClN2O/c1-7-2-3-8(6-9(7)11)12-10(14)13-4-5-13/h2-3,6H,4-5H2,1H3,(H,12,14). The van der Waals surface area contributed by atoms with Gasteiger partial charge in [-0.25, -0.2) is 4.79 Å². The normalized spacial score (nSPS) is 14.0. The molecule has 1 N–H and O–H groups in total. The summed E-state index contributed by atoms with van der Waals surface area (Å²) in [5, 5.41) is 3.45. The second-order valence-electron chi connectivity index (χ2n) is 3.38. The van der Waals surface area contributed by atoms with Crippen LogP contribution in [0.5, 0.6) is 0 Å². The van der Waals surface area contributed by atoms with Gasteiger partial charge in [-0.1, -0.05) is 17.7 Å². The van der Waals surface area contributed by atoms with Gasteiger partial charge < -0.3 is 10.2 Å². The summed E-state index contributed by atoms with van der Waals surface area (Å²) in [5.41, 5.74) is 1.76. The van der Waals surface area contributed by atoms with Crippen LogP contribution in [0.2, 0.25) is 5.02 Å². The molecule has 74 valence electrons. The van der Waals surface area contributed by atoms with Crippen LogP contribution < -0.4 is 5.32 Å². The van der Waals surface area contributed by atoms with Gasteiger partial charge in [0.2, 0.25) is 0 Å². The molecule has 1 aliphatic heterocycles. The first-order valence-corrected chi connectivity index (χ1v) is 4.87. The van der Waals surface area contributed by atoms with Gasteiger partial charge in [0.25, 0.3) is 0 Å². The number of rotatable bonds is 1. The number of nitrogens with one attached hydrogen (secondary N) is 1. The summed E-state index contributed by atoms with van der Waals surface area (Å²) < 4.78 is 0. The van der Waals surface area contributed by atoms with Crippen LogP contribution in [0.25, 0.3) is 0 Å². The van der Waals surface area contributed by atoms with E-state index in [1.54, 1.807) is 11.0 Å². The maximum absolute atomic E-state index is 11.3. The van der Waals surface area contributed by atoms with Crippen LogP contribution in [0.1, 0.15) is 5.56 Å². The molecule has 1 saturated heterocycles. The predicted molar refractivity (Wildman–Crippen MR) is 56.8 cm³/mol. The maximum Gasteiger partial charge on any atom is 0.321 e. The van der Waals surface area contributed by atoms with Gasteiger partial charge in [0.1, 0.15) is 0 Å². The Morgan fingerprint density at radius 2 is 2.21 bits per heavy atom. The Hall–Kier alpha value is -1.22. The fourth-order valence-electron chi connectivity index (χ4n) is 1.13. The zero-order valence-electron chi connectivity index (χ0n) is 7.88. The molecule has 1 aliphatic rings. The first-order chi connectivity index (χ1) is 6.66. The number of urea groups is 1. The Kier molecular flexibility index (Phi) is 2.33. The molecular weight excluding hydrogens is 200 g/mol. The lowest BCUT2D eigenvalue weighted by Crippen LogP contribution is -2.18. The quantitative estimate of drug-likeness (QED) is 0.710. The lowest BCUT2D eigenvalue weighted by molar-refractivity contribution is 0.242. The van der Waals surface area contributed by atoms with Gasteiger partial charge in [0.15, 0.2) is 0 Å². The molecule has 2 amide bonds. The highest BCUT2D eigenvalue weighted by Gasteiger charge is 2.23. The minimum absolute atomic E-state index is 0.0510. The Morgan fingerprint density at radius 1 is 1.50 bits per heavy atom. The van der Waals surface area contributed by atoms with E-state index in [2.05, 4.69) is 5.32 Å². The molecule has 0 aromatic heterocycles. The van der Waals surface area contributed by atoms with Crippen molar-refractivity contribution in [3.63, 3.8) is 0 Å². The van der Waals surface area contributed by atoms with E-state index in [4.69, 9.17) is 11.6 Å². The highest BCUT2D eigenvalue weighted by molar-refractivity contribution is 6.31. The number of hydrogen-bond donors (Lipinski definition) is 1. The molecule has 1 heterocycles. The van der Waals surface area contributed by atoms with Crippen LogP contribution in [0, 0.1) is 6.92 Å². The molecule has 1 fully saturated rings. The highest BCUT2D eigenvalue weighted by atomic mass is 35.5. The molecule has 0 atom stereocenters. The zero-order chi connectivity index (χ0) is 10.1. The minimum atomic E-state index is -0.0510. The number of benzene rings is 1. The first kappa shape index (κ1) is 9.34. The van der Waals surface area contributed by atoms with Crippen molar-refractivity contribution >= 4 is 23.3 Å². The summed E-state index contributed by atoms with van der Waals surface area (Å²) in [5.74, 6) is 0. The number of anilines is 1. The van der Waals surface area contributed by atoms with Crippen molar-refractivity contribution in [2.24, 2.45) is 0 Å². The van der Waals surface area contributed by atoms with Crippen LogP contribution in [0.4, 0.5) is 10.5 Å². The molecule has 2 rings (SSSR count). The molecule has 0 radical (unpaired) electrons. The van der Waals surface area contributed by atoms with Crippen LogP contribution in [0.3, 0.4) is 0 Å². The summed E-state index contributed by atoms with van der Waals surface area (Å²) in [6.07, 6.45) is 0. The first-order valence-electron chi connectivity index (χ1n) is 4.49. The van der Waals surface area contributed by atoms with Gasteiger partial charge in [0, 0.05) is 23.8 Å². The second-order valence-corrected chi connectivity index (χ2v) is 3.79. The van der Waals surface area contributed by atoms with Crippen molar-refractivity contribution in [3.8, 4) is 0 Å². The molecule has 0 saturated carbocycles. The number of halogens is 1. The van der Waals surface area contributed by atoms with Gasteiger partial charge >= 0.3 is 6.03 Å². The summed E-state index contributed by atoms with van der Waals surface area (Å²) in [4.78, 5) is 13.1. The Morgan fingerprint density at radius 3 is 2.79 bits per heavy atom. The lowest BCUT2D eigenvalue weighted by atomic mass is 10.2. The Bertz CT molecular complexity index is 374. The molecule has 1 aromatic rings. The fraction of sp³-hybridized carbons (Fsp3) is 0.300. The van der Waals surface area contributed by atoms with E-state index < -0.39 is 0 Å². The minimum Gasteiger partial charge on any atom is -0.321 e. The molecule has 0 aliphatic carbocycles. The molecular formula is C10H11ClN2O. The Balaban J connectivity index is 2.08. The highest BCUT2D eigenvalue weighted by Crippen LogP contribution is 2.20. The van der Waals surface area contributed by atoms with Crippen molar-refractivity contribution in [2.75, 3.05) is 18.4 Å². The van der Waals surface area contributed by atoms with Crippen LogP contribution in [0.15, 0.2) is 18.2 Å². The van der Waals surface area contributed by atoms with Gasteiger partial charge in [-0.2, -0.15) is 0 Å². The number of aryl methyl sites for hydroxylation is 1. The molecule has 1 aromatic carbocycles. The number of amides is 2. The third-order valence-corrected chi connectivity index (χ3v) is 2.56. The smallest absolute Gasteiger partial charge is 0.321 e. The third-order valence-electron chi connectivity index (χ3n) is 2.16. The third kappa shape index (κ3) is 1.99. The van der Waals surface area contributed by atoms with Crippen LogP contribution in [-0.2, 0) is 0 Å². The average Bonchev–Trinajstić information content (AvgIpc) is 2.94. The van der Waals surface area contributed by atoms with Crippen molar-refractivity contribution in [1.29, 1.82) is 0 Å². The van der Waals surface area contributed by atoms with Gasteiger partial charge in [-0.05, 0) is 24.6 Å². The number of carbonyl (C=O) groups is 1. The number of carbonyl (C=O) groups excluding carboxylic acids is 1. The van der Waals surface area contributed by atoms with Gasteiger partial charge in [0.05, 0.1) is 0 Å². The summed E-state index contributed by atoms with van der Waals surface area (Å²) in [6, 6.07) is 5.45. The molecule has 14 heavy (non-hydrogen) atoms. The Labute approximate surface area is 87.7 Å². The summed E-state index contributed by atoms with van der Waals surface area (Å²) in [6.45, 7) is 3.63. The van der Waals surface area contributed by atoms with E-state index in [1.807, 2.05) is 19.1 Å². The van der Waals surface area contributed by atoms with Gasteiger partial charge in [-0.15, -0.1) is 0 Å². The summed E-state index contributed by atoms with van der Waals surface area (Å²) in [7, 11) is 0. The fourth-order valence-corrected chi connectivity index (χ4v) is 1.31. The van der Waals surface area contributed by atoms with Crippen molar-refractivity contribution in [2.45, 2.75) is 6.92 Å². The van der Waals surface area contributed by atoms with Gasteiger partial charge in [-0.3, -0.25) is 0 Å². The largest absolute Gasteiger partial charge is 0.321 e. The molecule has 0 unspecified atom stereocenters. The van der Waals surface area contributed by atoms with E-state index in [0.717, 1.165) is 24.3 Å². The van der Waals surface area contributed by atoms with Crippen LogP contribution in [-0.4, -0.2) is 24.0 Å². The average molecular weight is 211 g/mol. The van der Waals surface area contributed by atoms with E-state index in [0.29, 0.717) is 5.02 Å². The van der Waals surface area contributed by atoms with E-state index in [9.17, 15) is 4.79 Å². The molecule has 3 nitrogen and oxygen atoms in total. The van der Waals surface area contributed by atoms with Crippen molar-refractivity contribution < 1.29 is 4.79 Å². The van der Waals surface area contributed by atoms with E-state index in [1.165, 1.54) is 0 Å². The summed E-state index contributed by atoms with van der Waals surface area (Å²) >= 11 is 5.93. The predicted octanol–water partition coefficient (Wildman–Crippen LogP) is 2.50. The lowest BCUT2D eigenvalue weighted by Gasteiger charge is -2.06. The van der Waals surface area contributed by atoms with Crippen molar-refractivity contribution in [1.82, 2.24) is 4.90 Å².